The van der Waals surface area contributed by atoms with Crippen molar-refractivity contribution in [2.24, 2.45) is 0 Å². The summed E-state index contributed by atoms with van der Waals surface area (Å²) in [5.74, 6) is 0.828. The van der Waals surface area contributed by atoms with Gasteiger partial charge in [-0.25, -0.2) is 0 Å². The summed E-state index contributed by atoms with van der Waals surface area (Å²) in [4.78, 5) is 0. The Kier molecular flexibility index (Phi) is 2.61. The predicted octanol–water partition coefficient (Wildman–Crippen LogP) is 4.39. The fraction of sp³-hybridized carbons (Fsp3) is 0.158. The first kappa shape index (κ1) is 13.0. The summed E-state index contributed by atoms with van der Waals surface area (Å²) in [6.45, 7) is 6.38. The minimum absolute atomic E-state index is 0.828. The molecular weight excluding hydrogens is 270 g/mol. The highest BCUT2D eigenvalue weighted by Gasteiger charge is 2.19. The first-order chi connectivity index (χ1) is 10.6. The standard InChI is InChI=1S/C19H19N3/c1-12-7-6-8-13(2)17(12)22-18-15(14(3)19(22)20)11-21-10-5-4-9-16(18)21/h4-11H,20H2,1-3H3. The van der Waals surface area contributed by atoms with Gasteiger partial charge in [0.25, 0.3) is 0 Å². The zero-order valence-electron chi connectivity index (χ0n) is 13.1. The van der Waals surface area contributed by atoms with Crippen molar-refractivity contribution in [1.82, 2.24) is 8.97 Å². The average Bonchev–Trinajstić information content (AvgIpc) is 2.98. The summed E-state index contributed by atoms with van der Waals surface area (Å²) < 4.78 is 4.38. The van der Waals surface area contributed by atoms with E-state index in [2.05, 4.69) is 72.5 Å². The number of para-hydroxylation sites is 1. The molecule has 3 heterocycles. The van der Waals surface area contributed by atoms with E-state index in [9.17, 15) is 0 Å². The van der Waals surface area contributed by atoms with Crippen molar-refractivity contribution >= 4 is 22.2 Å². The lowest BCUT2D eigenvalue weighted by Gasteiger charge is -2.14. The van der Waals surface area contributed by atoms with Crippen LogP contribution in [-0.4, -0.2) is 8.97 Å². The van der Waals surface area contributed by atoms with Crippen LogP contribution < -0.4 is 5.73 Å². The molecule has 0 radical (unpaired) electrons. The molecule has 0 amide bonds. The fourth-order valence-electron chi connectivity index (χ4n) is 3.43. The number of nitrogens with zero attached hydrogens (tertiary/aromatic N) is 2. The second kappa shape index (κ2) is 4.41. The van der Waals surface area contributed by atoms with Gasteiger partial charge in [0.1, 0.15) is 5.82 Å². The number of anilines is 1. The maximum Gasteiger partial charge on any atom is 0.112 e. The molecule has 3 aromatic heterocycles. The number of fused-ring (bicyclic) bond motifs is 3. The Bertz CT molecular complexity index is 998. The summed E-state index contributed by atoms with van der Waals surface area (Å²) in [5.41, 5.74) is 13.6. The van der Waals surface area contributed by atoms with Crippen molar-refractivity contribution in [2.45, 2.75) is 20.8 Å². The molecule has 0 bridgehead atoms. The Labute approximate surface area is 129 Å². The summed E-state index contributed by atoms with van der Waals surface area (Å²) in [7, 11) is 0. The van der Waals surface area contributed by atoms with Gasteiger partial charge in [0.2, 0.25) is 0 Å². The molecule has 3 nitrogen and oxygen atoms in total. The lowest BCUT2D eigenvalue weighted by molar-refractivity contribution is 1.08. The van der Waals surface area contributed by atoms with Crippen LogP contribution in [0.1, 0.15) is 16.7 Å². The third kappa shape index (κ3) is 1.56. The smallest absolute Gasteiger partial charge is 0.112 e. The molecule has 0 unspecified atom stereocenters. The van der Waals surface area contributed by atoms with Crippen LogP contribution in [0.3, 0.4) is 0 Å². The normalized spacial score (nSPS) is 11.6. The van der Waals surface area contributed by atoms with Crippen LogP contribution in [0.25, 0.3) is 22.1 Å². The number of nitrogens with two attached hydrogens (primary N) is 1. The predicted molar refractivity (Wildman–Crippen MR) is 92.9 cm³/mol. The molecule has 0 aliphatic heterocycles. The van der Waals surface area contributed by atoms with Crippen molar-refractivity contribution in [3.05, 3.63) is 65.5 Å². The van der Waals surface area contributed by atoms with Gasteiger partial charge < -0.3 is 10.1 Å². The van der Waals surface area contributed by atoms with Crippen LogP contribution in [0.5, 0.6) is 0 Å². The van der Waals surface area contributed by atoms with E-state index in [-0.39, 0.29) is 0 Å². The molecule has 0 saturated heterocycles. The molecule has 0 aliphatic rings. The van der Waals surface area contributed by atoms with Crippen LogP contribution >= 0.6 is 0 Å². The van der Waals surface area contributed by atoms with E-state index < -0.39 is 0 Å². The van der Waals surface area contributed by atoms with Gasteiger partial charge in [-0.2, -0.15) is 0 Å². The topological polar surface area (TPSA) is 35.4 Å². The van der Waals surface area contributed by atoms with E-state index in [1.807, 2.05) is 6.07 Å². The number of aryl methyl sites for hydroxylation is 3. The fourth-order valence-corrected chi connectivity index (χ4v) is 3.43. The van der Waals surface area contributed by atoms with Crippen molar-refractivity contribution in [3.8, 4) is 5.69 Å². The number of aromatic nitrogens is 2. The third-order valence-electron chi connectivity index (χ3n) is 4.57. The largest absolute Gasteiger partial charge is 0.385 e. The SMILES string of the molecule is Cc1cccc(C)c1-n1c(N)c(C)c2cn3ccccc3c21. The average molecular weight is 289 g/mol. The Morgan fingerprint density at radius 3 is 2.36 bits per heavy atom. The molecule has 0 aliphatic carbocycles. The van der Waals surface area contributed by atoms with Gasteiger partial charge in [0.15, 0.2) is 0 Å². The molecule has 3 heteroatoms. The molecule has 0 spiro atoms. The van der Waals surface area contributed by atoms with E-state index in [0.29, 0.717) is 0 Å². The van der Waals surface area contributed by atoms with E-state index in [1.165, 1.54) is 33.2 Å². The molecule has 2 N–H and O–H groups in total. The number of hydrogen-bond donors (Lipinski definition) is 1. The number of benzene rings is 1. The number of nitrogen functional groups attached to an aromatic ring is 1. The van der Waals surface area contributed by atoms with Gasteiger partial charge in [0, 0.05) is 23.3 Å². The highest BCUT2D eigenvalue weighted by molar-refractivity contribution is 6.02. The van der Waals surface area contributed by atoms with Crippen molar-refractivity contribution in [2.75, 3.05) is 5.73 Å². The quantitative estimate of drug-likeness (QED) is 0.554. The zero-order valence-corrected chi connectivity index (χ0v) is 13.1. The van der Waals surface area contributed by atoms with E-state index in [4.69, 9.17) is 5.73 Å². The Morgan fingerprint density at radius 2 is 1.64 bits per heavy atom. The van der Waals surface area contributed by atoms with E-state index in [1.54, 1.807) is 0 Å². The van der Waals surface area contributed by atoms with E-state index in [0.717, 1.165) is 11.4 Å². The number of pyridine rings is 1. The third-order valence-corrected chi connectivity index (χ3v) is 4.57. The van der Waals surface area contributed by atoms with Gasteiger partial charge >= 0.3 is 0 Å². The van der Waals surface area contributed by atoms with Gasteiger partial charge in [-0.15, -0.1) is 0 Å². The van der Waals surface area contributed by atoms with Crippen LogP contribution in [0, 0.1) is 20.8 Å². The van der Waals surface area contributed by atoms with Crippen LogP contribution in [0.2, 0.25) is 0 Å². The summed E-state index contributed by atoms with van der Waals surface area (Å²) >= 11 is 0. The molecule has 1 aromatic carbocycles. The monoisotopic (exact) mass is 289 g/mol. The molecule has 0 saturated carbocycles. The second-order valence-electron chi connectivity index (χ2n) is 5.97. The molecule has 0 fully saturated rings. The van der Waals surface area contributed by atoms with Crippen molar-refractivity contribution in [1.29, 1.82) is 0 Å². The van der Waals surface area contributed by atoms with Gasteiger partial charge in [0.05, 0.1) is 16.7 Å². The molecule has 110 valence electrons. The van der Waals surface area contributed by atoms with Gasteiger partial charge in [-0.3, -0.25) is 4.57 Å². The van der Waals surface area contributed by atoms with E-state index >= 15 is 0 Å². The van der Waals surface area contributed by atoms with Crippen molar-refractivity contribution in [3.63, 3.8) is 0 Å². The first-order valence-corrected chi connectivity index (χ1v) is 7.52. The molecule has 22 heavy (non-hydrogen) atoms. The zero-order chi connectivity index (χ0) is 15.4. The second-order valence-corrected chi connectivity index (χ2v) is 5.97. The van der Waals surface area contributed by atoms with Crippen molar-refractivity contribution < 1.29 is 0 Å². The molecule has 4 rings (SSSR count). The molecule has 4 aromatic rings. The van der Waals surface area contributed by atoms with Crippen LogP contribution in [0.4, 0.5) is 5.82 Å². The Balaban J connectivity index is 2.24. The molecular formula is C19H19N3. The summed E-state index contributed by atoms with van der Waals surface area (Å²) in [5, 5.41) is 1.21. The van der Waals surface area contributed by atoms with Gasteiger partial charge in [-0.1, -0.05) is 24.3 Å². The minimum Gasteiger partial charge on any atom is -0.385 e. The molecule has 0 atom stereocenters. The Morgan fingerprint density at radius 1 is 0.909 bits per heavy atom. The van der Waals surface area contributed by atoms with Crippen LogP contribution in [-0.2, 0) is 0 Å². The van der Waals surface area contributed by atoms with Crippen LogP contribution in [0.15, 0.2) is 48.8 Å². The number of rotatable bonds is 1. The minimum atomic E-state index is 0.828. The Hall–Kier alpha value is -2.68. The summed E-state index contributed by atoms with van der Waals surface area (Å²) in [6.07, 6.45) is 4.25. The van der Waals surface area contributed by atoms with Gasteiger partial charge in [-0.05, 0) is 44.0 Å². The maximum atomic E-state index is 6.47. The summed E-state index contributed by atoms with van der Waals surface area (Å²) in [6, 6.07) is 12.6. The highest BCUT2D eigenvalue weighted by Crippen LogP contribution is 2.36. The maximum absolute atomic E-state index is 6.47. The lowest BCUT2D eigenvalue weighted by Crippen LogP contribution is -2.05. The lowest BCUT2D eigenvalue weighted by atomic mass is 10.1. The number of hydrogen-bond acceptors (Lipinski definition) is 1. The highest BCUT2D eigenvalue weighted by atomic mass is 15.1. The first-order valence-electron chi connectivity index (χ1n) is 7.52.